The van der Waals surface area contributed by atoms with E-state index in [9.17, 15) is 0 Å². The third-order valence-electron chi connectivity index (χ3n) is 2.95. The summed E-state index contributed by atoms with van der Waals surface area (Å²) in [4.78, 5) is 17.1. The van der Waals surface area contributed by atoms with Crippen molar-refractivity contribution in [2.45, 2.75) is 39.2 Å². The van der Waals surface area contributed by atoms with Crippen LogP contribution in [0.1, 0.15) is 33.1 Å². The molecule has 0 aliphatic rings. The fraction of sp³-hybridized carbons (Fsp3) is 0.538. The highest BCUT2D eigenvalue weighted by molar-refractivity contribution is 5.38. The summed E-state index contributed by atoms with van der Waals surface area (Å²) >= 11 is 0. The van der Waals surface area contributed by atoms with Crippen molar-refractivity contribution in [2.24, 2.45) is 0 Å². The second-order valence-electron chi connectivity index (χ2n) is 4.69. The monoisotopic (exact) mass is 275 g/mol. The van der Waals surface area contributed by atoms with Gasteiger partial charge in [-0.2, -0.15) is 15.0 Å². The van der Waals surface area contributed by atoms with Gasteiger partial charge in [-0.05, 0) is 13.3 Å². The lowest BCUT2D eigenvalue weighted by atomic mass is 10.1. The highest BCUT2D eigenvalue weighted by Gasteiger charge is 2.09. The number of nitrogens with zero attached hydrogens (tertiary/aromatic N) is 5. The standard InChI is InChI=1S/C13H21N7/c1-4-5-6-10(2)16-12-17-11(14-3)18-13(19-12)20-8-7-15-9-20/h7-10H,4-6H2,1-3H3,(H2,14,16,17,18,19). The quantitative estimate of drug-likeness (QED) is 0.805. The minimum atomic E-state index is 0.331. The number of anilines is 2. The Morgan fingerprint density at radius 1 is 1.25 bits per heavy atom. The molecule has 7 heteroatoms. The van der Waals surface area contributed by atoms with E-state index in [0.29, 0.717) is 23.9 Å². The molecule has 2 aromatic heterocycles. The maximum atomic E-state index is 4.42. The van der Waals surface area contributed by atoms with E-state index in [2.05, 4.69) is 44.4 Å². The molecule has 0 aliphatic carbocycles. The number of rotatable bonds is 7. The third-order valence-corrected chi connectivity index (χ3v) is 2.95. The zero-order valence-electron chi connectivity index (χ0n) is 12.2. The summed E-state index contributed by atoms with van der Waals surface area (Å²) in [7, 11) is 1.79. The summed E-state index contributed by atoms with van der Waals surface area (Å²) in [5, 5.41) is 6.27. The molecule has 108 valence electrons. The minimum absolute atomic E-state index is 0.331. The Kier molecular flexibility index (Phi) is 4.86. The van der Waals surface area contributed by atoms with Crippen molar-refractivity contribution < 1.29 is 0 Å². The van der Waals surface area contributed by atoms with E-state index in [1.807, 2.05) is 0 Å². The van der Waals surface area contributed by atoms with Gasteiger partial charge in [-0.25, -0.2) is 4.98 Å². The van der Waals surface area contributed by atoms with Gasteiger partial charge in [-0.3, -0.25) is 4.57 Å². The van der Waals surface area contributed by atoms with Gasteiger partial charge in [0.05, 0.1) is 0 Å². The van der Waals surface area contributed by atoms with E-state index in [0.717, 1.165) is 6.42 Å². The highest BCUT2D eigenvalue weighted by Crippen LogP contribution is 2.11. The zero-order chi connectivity index (χ0) is 14.4. The molecule has 0 saturated heterocycles. The summed E-state index contributed by atoms with van der Waals surface area (Å²) < 4.78 is 1.75. The van der Waals surface area contributed by atoms with Gasteiger partial charge in [0, 0.05) is 25.5 Å². The Hall–Kier alpha value is -2.18. The summed E-state index contributed by atoms with van der Waals surface area (Å²) in [5.41, 5.74) is 0. The maximum Gasteiger partial charge on any atom is 0.241 e. The normalized spacial score (nSPS) is 12.2. The van der Waals surface area contributed by atoms with Crippen molar-refractivity contribution >= 4 is 11.9 Å². The molecule has 0 amide bonds. The molecule has 2 N–H and O–H groups in total. The summed E-state index contributed by atoms with van der Waals surface area (Å²) in [5.74, 6) is 1.66. The van der Waals surface area contributed by atoms with Crippen LogP contribution in [0, 0.1) is 0 Å². The average Bonchev–Trinajstić information content (AvgIpc) is 2.99. The van der Waals surface area contributed by atoms with Crippen LogP contribution in [0.15, 0.2) is 18.7 Å². The molecule has 1 atom stereocenters. The van der Waals surface area contributed by atoms with Crippen molar-refractivity contribution in [3.63, 3.8) is 0 Å². The first-order valence-corrected chi connectivity index (χ1v) is 6.91. The van der Waals surface area contributed by atoms with Crippen LogP contribution in [0.25, 0.3) is 5.95 Å². The van der Waals surface area contributed by atoms with Gasteiger partial charge in [-0.1, -0.05) is 19.8 Å². The van der Waals surface area contributed by atoms with E-state index in [4.69, 9.17) is 0 Å². The molecule has 7 nitrogen and oxygen atoms in total. The molecule has 0 bridgehead atoms. The van der Waals surface area contributed by atoms with Crippen LogP contribution < -0.4 is 10.6 Å². The van der Waals surface area contributed by atoms with Crippen LogP contribution in [-0.4, -0.2) is 37.6 Å². The summed E-state index contributed by atoms with van der Waals surface area (Å²) in [6.07, 6.45) is 8.63. The molecule has 0 radical (unpaired) electrons. The van der Waals surface area contributed by atoms with E-state index < -0.39 is 0 Å². The van der Waals surface area contributed by atoms with Crippen LogP contribution in [-0.2, 0) is 0 Å². The van der Waals surface area contributed by atoms with Gasteiger partial charge >= 0.3 is 0 Å². The lowest BCUT2D eigenvalue weighted by molar-refractivity contribution is 0.640. The first-order chi connectivity index (χ1) is 9.72. The minimum Gasteiger partial charge on any atom is -0.357 e. The van der Waals surface area contributed by atoms with E-state index in [-0.39, 0.29) is 0 Å². The number of unbranched alkanes of at least 4 members (excludes halogenated alkanes) is 1. The molecule has 0 saturated carbocycles. The summed E-state index contributed by atoms with van der Waals surface area (Å²) in [6, 6.07) is 0.331. The first kappa shape index (κ1) is 14.2. The topological polar surface area (TPSA) is 80.5 Å². The van der Waals surface area contributed by atoms with Gasteiger partial charge in [-0.15, -0.1) is 0 Å². The number of hydrogen-bond acceptors (Lipinski definition) is 6. The van der Waals surface area contributed by atoms with Crippen LogP contribution in [0.5, 0.6) is 0 Å². The van der Waals surface area contributed by atoms with Gasteiger partial charge in [0.1, 0.15) is 6.33 Å². The summed E-state index contributed by atoms with van der Waals surface area (Å²) in [6.45, 7) is 4.32. The molecule has 0 aromatic carbocycles. The molecule has 0 aliphatic heterocycles. The lowest BCUT2D eigenvalue weighted by Gasteiger charge is -2.14. The molecule has 2 heterocycles. The lowest BCUT2D eigenvalue weighted by Crippen LogP contribution is -2.18. The molecule has 1 unspecified atom stereocenters. The predicted octanol–water partition coefficient (Wildman–Crippen LogP) is 2.09. The highest BCUT2D eigenvalue weighted by atomic mass is 15.3. The van der Waals surface area contributed by atoms with Crippen LogP contribution in [0.4, 0.5) is 11.9 Å². The molecule has 20 heavy (non-hydrogen) atoms. The molecular formula is C13H21N7. The van der Waals surface area contributed by atoms with Gasteiger partial charge in [0.2, 0.25) is 17.8 Å². The van der Waals surface area contributed by atoms with E-state index in [1.54, 1.807) is 30.3 Å². The van der Waals surface area contributed by atoms with Gasteiger partial charge in [0.15, 0.2) is 0 Å². The van der Waals surface area contributed by atoms with Crippen LogP contribution >= 0.6 is 0 Å². The van der Waals surface area contributed by atoms with Crippen molar-refractivity contribution in [3.05, 3.63) is 18.7 Å². The predicted molar refractivity (Wildman–Crippen MR) is 79.1 cm³/mol. The zero-order valence-corrected chi connectivity index (χ0v) is 12.2. The Labute approximate surface area is 118 Å². The number of nitrogens with one attached hydrogen (secondary N) is 2. The number of hydrogen-bond donors (Lipinski definition) is 2. The average molecular weight is 275 g/mol. The molecule has 2 rings (SSSR count). The Morgan fingerprint density at radius 3 is 2.70 bits per heavy atom. The first-order valence-electron chi connectivity index (χ1n) is 6.91. The second-order valence-corrected chi connectivity index (χ2v) is 4.69. The number of imidazole rings is 1. The molecular weight excluding hydrogens is 254 g/mol. The molecule has 2 aromatic rings. The Morgan fingerprint density at radius 2 is 2.05 bits per heavy atom. The van der Waals surface area contributed by atoms with Crippen LogP contribution in [0.2, 0.25) is 0 Å². The molecule has 0 spiro atoms. The maximum absolute atomic E-state index is 4.42. The van der Waals surface area contributed by atoms with Crippen molar-refractivity contribution in [2.75, 3.05) is 17.7 Å². The number of aromatic nitrogens is 5. The fourth-order valence-corrected chi connectivity index (χ4v) is 1.84. The van der Waals surface area contributed by atoms with Gasteiger partial charge < -0.3 is 10.6 Å². The fourth-order valence-electron chi connectivity index (χ4n) is 1.84. The Bertz CT molecular complexity index is 524. The van der Waals surface area contributed by atoms with Crippen molar-refractivity contribution in [1.29, 1.82) is 0 Å². The van der Waals surface area contributed by atoms with E-state index in [1.165, 1.54) is 12.8 Å². The van der Waals surface area contributed by atoms with Crippen molar-refractivity contribution in [3.8, 4) is 5.95 Å². The Balaban J connectivity index is 2.18. The van der Waals surface area contributed by atoms with E-state index >= 15 is 0 Å². The van der Waals surface area contributed by atoms with Crippen molar-refractivity contribution in [1.82, 2.24) is 24.5 Å². The smallest absolute Gasteiger partial charge is 0.241 e. The third kappa shape index (κ3) is 3.66. The van der Waals surface area contributed by atoms with Crippen LogP contribution in [0.3, 0.4) is 0 Å². The van der Waals surface area contributed by atoms with Gasteiger partial charge in [0.25, 0.3) is 0 Å². The largest absolute Gasteiger partial charge is 0.357 e. The SMILES string of the molecule is CCCCC(C)Nc1nc(NC)nc(-n2ccnc2)n1. The molecule has 0 fully saturated rings. The second kappa shape index (κ2) is 6.83.